The van der Waals surface area contributed by atoms with Crippen molar-refractivity contribution in [3.05, 3.63) is 18.3 Å². The normalized spacial score (nSPS) is 11.8. The van der Waals surface area contributed by atoms with E-state index in [1.54, 1.807) is 18.3 Å². The van der Waals surface area contributed by atoms with Gasteiger partial charge in [0.2, 0.25) is 10.0 Å². The molecule has 0 aliphatic rings. The third-order valence-electron chi connectivity index (χ3n) is 3.11. The maximum absolute atomic E-state index is 12.3. The minimum atomic E-state index is -3.53. The van der Waals surface area contributed by atoms with Crippen molar-refractivity contribution >= 4 is 15.8 Å². The molecule has 6 nitrogen and oxygen atoms in total. The van der Waals surface area contributed by atoms with E-state index in [1.807, 2.05) is 6.92 Å². The second kappa shape index (κ2) is 8.96. The first-order valence-corrected chi connectivity index (χ1v) is 8.94. The van der Waals surface area contributed by atoms with Crippen molar-refractivity contribution in [2.24, 2.45) is 0 Å². The third kappa shape index (κ3) is 5.61. The summed E-state index contributed by atoms with van der Waals surface area (Å²) in [5, 5.41) is 2.97. The average molecular weight is 314 g/mol. The highest BCUT2D eigenvalue weighted by molar-refractivity contribution is 7.89. The number of nitrogens with one attached hydrogen (secondary N) is 2. The lowest BCUT2D eigenvalue weighted by atomic mass is 10.4. The Balaban J connectivity index is 2.69. The van der Waals surface area contributed by atoms with Crippen LogP contribution in [0.2, 0.25) is 0 Å². The fourth-order valence-corrected chi connectivity index (χ4v) is 3.22. The van der Waals surface area contributed by atoms with E-state index in [0.29, 0.717) is 25.5 Å². The Morgan fingerprint density at radius 1 is 1.24 bits per heavy atom. The van der Waals surface area contributed by atoms with Gasteiger partial charge in [-0.05, 0) is 38.6 Å². The predicted octanol–water partition coefficient (Wildman–Crippen LogP) is 1.52. The SMILES string of the molecule is CCCN(CC)CCNS(=O)(=O)c1cccnc1NCC. The number of rotatable bonds is 10. The third-order valence-corrected chi connectivity index (χ3v) is 4.60. The minimum Gasteiger partial charge on any atom is -0.369 e. The summed E-state index contributed by atoms with van der Waals surface area (Å²) in [5.74, 6) is 0.397. The highest BCUT2D eigenvalue weighted by Gasteiger charge is 2.18. The minimum absolute atomic E-state index is 0.199. The van der Waals surface area contributed by atoms with Crippen molar-refractivity contribution in [1.82, 2.24) is 14.6 Å². The number of anilines is 1. The van der Waals surface area contributed by atoms with Crippen molar-refractivity contribution in [3.63, 3.8) is 0 Å². The summed E-state index contributed by atoms with van der Waals surface area (Å²) in [4.78, 5) is 6.50. The first-order chi connectivity index (χ1) is 10.0. The molecule has 7 heteroatoms. The summed E-state index contributed by atoms with van der Waals surface area (Å²) in [6.45, 7) is 9.73. The highest BCUT2D eigenvalue weighted by atomic mass is 32.2. The number of nitrogens with zero attached hydrogens (tertiary/aromatic N) is 2. The summed E-state index contributed by atoms with van der Waals surface area (Å²) in [7, 11) is -3.53. The zero-order valence-electron chi connectivity index (χ0n) is 13.1. The van der Waals surface area contributed by atoms with Crippen molar-refractivity contribution in [1.29, 1.82) is 0 Å². The van der Waals surface area contributed by atoms with Gasteiger partial charge in [0, 0.05) is 25.8 Å². The van der Waals surface area contributed by atoms with Crippen LogP contribution in [0.15, 0.2) is 23.2 Å². The first-order valence-electron chi connectivity index (χ1n) is 7.46. The molecule has 0 fully saturated rings. The van der Waals surface area contributed by atoms with Gasteiger partial charge in [-0.2, -0.15) is 0 Å². The van der Waals surface area contributed by atoms with Gasteiger partial charge in [0.15, 0.2) is 0 Å². The van der Waals surface area contributed by atoms with Gasteiger partial charge in [0.25, 0.3) is 0 Å². The van der Waals surface area contributed by atoms with E-state index in [-0.39, 0.29) is 4.90 Å². The van der Waals surface area contributed by atoms with Crippen LogP contribution in [0.4, 0.5) is 5.82 Å². The van der Waals surface area contributed by atoms with Crippen molar-refractivity contribution in [3.8, 4) is 0 Å². The molecule has 0 saturated carbocycles. The fourth-order valence-electron chi connectivity index (χ4n) is 2.07. The maximum atomic E-state index is 12.3. The zero-order chi connectivity index (χ0) is 15.7. The quantitative estimate of drug-likeness (QED) is 0.685. The summed E-state index contributed by atoms with van der Waals surface area (Å²) < 4.78 is 27.3. The Morgan fingerprint density at radius 3 is 2.62 bits per heavy atom. The fraction of sp³-hybridized carbons (Fsp3) is 0.643. The van der Waals surface area contributed by atoms with Crippen LogP contribution in [0.1, 0.15) is 27.2 Å². The van der Waals surface area contributed by atoms with Crippen LogP contribution in [0.3, 0.4) is 0 Å². The zero-order valence-corrected chi connectivity index (χ0v) is 13.9. The molecule has 0 unspecified atom stereocenters. The number of pyridine rings is 1. The lowest BCUT2D eigenvalue weighted by molar-refractivity contribution is 0.293. The summed E-state index contributed by atoms with van der Waals surface area (Å²) in [6.07, 6.45) is 2.64. The molecule has 0 aliphatic carbocycles. The lowest BCUT2D eigenvalue weighted by Gasteiger charge is -2.19. The van der Waals surface area contributed by atoms with Crippen molar-refractivity contribution in [2.75, 3.05) is 38.0 Å². The largest absolute Gasteiger partial charge is 0.369 e. The number of hydrogen-bond acceptors (Lipinski definition) is 5. The second-order valence-electron chi connectivity index (χ2n) is 4.71. The van der Waals surface area contributed by atoms with Gasteiger partial charge in [0.05, 0.1) is 0 Å². The molecule has 0 saturated heterocycles. The molecule has 21 heavy (non-hydrogen) atoms. The van der Waals surface area contributed by atoms with E-state index in [1.165, 1.54) is 0 Å². The Morgan fingerprint density at radius 2 is 2.00 bits per heavy atom. The molecular formula is C14H26N4O2S. The molecule has 120 valence electrons. The molecule has 0 atom stereocenters. The van der Waals surface area contributed by atoms with Crippen molar-refractivity contribution < 1.29 is 8.42 Å². The molecule has 1 heterocycles. The van der Waals surface area contributed by atoms with Crippen LogP contribution in [-0.2, 0) is 10.0 Å². The van der Waals surface area contributed by atoms with E-state index in [0.717, 1.165) is 19.5 Å². The van der Waals surface area contributed by atoms with E-state index in [2.05, 4.69) is 33.8 Å². The van der Waals surface area contributed by atoms with Crippen LogP contribution >= 0.6 is 0 Å². The van der Waals surface area contributed by atoms with Crippen LogP contribution in [0.25, 0.3) is 0 Å². The van der Waals surface area contributed by atoms with E-state index in [9.17, 15) is 8.42 Å². The monoisotopic (exact) mass is 314 g/mol. The van der Waals surface area contributed by atoms with Crippen LogP contribution in [0.5, 0.6) is 0 Å². The van der Waals surface area contributed by atoms with Crippen LogP contribution < -0.4 is 10.0 Å². The Kier molecular flexibility index (Phi) is 7.63. The molecule has 0 aromatic carbocycles. The molecule has 0 aliphatic heterocycles. The van der Waals surface area contributed by atoms with Crippen LogP contribution in [-0.4, -0.2) is 51.0 Å². The summed E-state index contributed by atoms with van der Waals surface area (Å²) >= 11 is 0. The van der Waals surface area contributed by atoms with E-state index >= 15 is 0 Å². The molecule has 0 spiro atoms. The second-order valence-corrected chi connectivity index (χ2v) is 6.45. The number of likely N-dealkylation sites (N-methyl/N-ethyl adjacent to an activating group) is 1. The highest BCUT2D eigenvalue weighted by Crippen LogP contribution is 2.17. The first kappa shape index (κ1) is 17.9. The smallest absolute Gasteiger partial charge is 0.244 e. The van der Waals surface area contributed by atoms with Gasteiger partial charge in [-0.15, -0.1) is 0 Å². The van der Waals surface area contributed by atoms with Gasteiger partial charge in [-0.3, -0.25) is 0 Å². The molecule has 1 aromatic heterocycles. The standard InChI is InChI=1S/C14H26N4O2S/c1-4-11-18(6-3)12-10-17-21(19,20)13-8-7-9-16-14(13)15-5-2/h7-9,17H,4-6,10-12H2,1-3H3,(H,15,16). The van der Waals surface area contributed by atoms with E-state index in [4.69, 9.17) is 0 Å². The predicted molar refractivity (Wildman–Crippen MR) is 86.0 cm³/mol. The van der Waals surface area contributed by atoms with Gasteiger partial charge >= 0.3 is 0 Å². The Bertz CT molecular complexity index is 519. The molecule has 1 aromatic rings. The van der Waals surface area contributed by atoms with E-state index < -0.39 is 10.0 Å². The average Bonchev–Trinajstić information content (AvgIpc) is 2.47. The number of aromatic nitrogens is 1. The molecular weight excluding hydrogens is 288 g/mol. The molecule has 2 N–H and O–H groups in total. The Labute approximate surface area is 128 Å². The lowest BCUT2D eigenvalue weighted by Crippen LogP contribution is -2.35. The molecule has 1 rings (SSSR count). The van der Waals surface area contributed by atoms with Gasteiger partial charge in [-0.25, -0.2) is 18.1 Å². The van der Waals surface area contributed by atoms with Gasteiger partial charge in [0.1, 0.15) is 10.7 Å². The van der Waals surface area contributed by atoms with Gasteiger partial charge in [-0.1, -0.05) is 13.8 Å². The topological polar surface area (TPSA) is 74.3 Å². The maximum Gasteiger partial charge on any atom is 0.244 e. The Hall–Kier alpha value is -1.18. The van der Waals surface area contributed by atoms with Gasteiger partial charge < -0.3 is 10.2 Å². The summed E-state index contributed by atoms with van der Waals surface area (Å²) in [6, 6.07) is 3.20. The number of sulfonamides is 1. The molecule has 0 bridgehead atoms. The summed E-state index contributed by atoms with van der Waals surface area (Å²) in [5.41, 5.74) is 0. The molecule has 0 amide bonds. The van der Waals surface area contributed by atoms with Crippen LogP contribution in [0, 0.1) is 0 Å². The van der Waals surface area contributed by atoms with Crippen molar-refractivity contribution in [2.45, 2.75) is 32.1 Å². The molecule has 0 radical (unpaired) electrons. The number of hydrogen-bond donors (Lipinski definition) is 2.